The molecule has 0 unspecified atom stereocenters. The number of halogens is 1. The summed E-state index contributed by atoms with van der Waals surface area (Å²) >= 11 is 7.29. The maximum Gasteiger partial charge on any atom is 0.151 e. The second-order valence-electron chi connectivity index (χ2n) is 2.73. The molecule has 0 saturated carbocycles. The van der Waals surface area contributed by atoms with E-state index in [9.17, 15) is 0 Å². The van der Waals surface area contributed by atoms with Crippen molar-refractivity contribution in [3.05, 3.63) is 39.7 Å². The largest absolute Gasteiger partial charge is 0.364 e. The third-order valence-electron chi connectivity index (χ3n) is 1.69. The van der Waals surface area contributed by atoms with Crippen LogP contribution in [0.15, 0.2) is 29.0 Å². The number of anilines is 1. The maximum atomic E-state index is 5.61. The van der Waals surface area contributed by atoms with Gasteiger partial charge in [-0.15, -0.1) is 10.2 Å². The van der Waals surface area contributed by atoms with Crippen molar-refractivity contribution in [2.24, 2.45) is 0 Å². The van der Waals surface area contributed by atoms with Crippen LogP contribution < -0.4 is 5.32 Å². The second kappa shape index (κ2) is 4.39. The molecule has 1 N–H and O–H groups in total. The molecule has 3 nitrogen and oxygen atoms in total. The van der Waals surface area contributed by atoms with E-state index < -0.39 is 0 Å². The normalized spacial score (nSPS) is 10.1. The zero-order chi connectivity index (χ0) is 9.80. The molecule has 0 radical (unpaired) electrons. The zero-order valence-electron chi connectivity index (χ0n) is 7.27. The van der Waals surface area contributed by atoms with Crippen LogP contribution in [0.4, 0.5) is 5.82 Å². The fourth-order valence-corrected chi connectivity index (χ4v) is 1.77. The van der Waals surface area contributed by atoms with Gasteiger partial charge in [-0.25, -0.2) is 0 Å². The van der Waals surface area contributed by atoms with E-state index in [1.54, 1.807) is 17.4 Å². The van der Waals surface area contributed by atoms with Gasteiger partial charge in [0.05, 0.1) is 0 Å². The Morgan fingerprint density at radius 2 is 2.21 bits per heavy atom. The minimum atomic E-state index is 0.408. The van der Waals surface area contributed by atoms with E-state index in [1.807, 2.05) is 11.4 Å². The van der Waals surface area contributed by atoms with Gasteiger partial charge < -0.3 is 5.32 Å². The molecule has 0 aliphatic heterocycles. The third kappa shape index (κ3) is 2.43. The molecule has 0 spiro atoms. The van der Waals surface area contributed by atoms with E-state index in [0.29, 0.717) is 5.15 Å². The summed E-state index contributed by atoms with van der Waals surface area (Å²) in [4.78, 5) is 0. The average molecular weight is 226 g/mol. The molecule has 14 heavy (non-hydrogen) atoms. The van der Waals surface area contributed by atoms with Crippen molar-refractivity contribution < 1.29 is 0 Å². The number of nitrogens with zero attached hydrogens (tertiary/aromatic N) is 2. The van der Waals surface area contributed by atoms with Crippen LogP contribution in [0.2, 0.25) is 5.15 Å². The van der Waals surface area contributed by atoms with Crippen molar-refractivity contribution in [3.63, 3.8) is 0 Å². The highest BCUT2D eigenvalue weighted by Gasteiger charge is 1.96. The van der Waals surface area contributed by atoms with Gasteiger partial charge in [0, 0.05) is 6.54 Å². The average Bonchev–Trinajstić information content (AvgIpc) is 2.70. The Balaban J connectivity index is 1.95. The van der Waals surface area contributed by atoms with Crippen LogP contribution in [-0.4, -0.2) is 10.2 Å². The summed E-state index contributed by atoms with van der Waals surface area (Å²) in [5, 5.41) is 15.3. The summed E-state index contributed by atoms with van der Waals surface area (Å²) in [5.74, 6) is 0.737. The monoisotopic (exact) mass is 225 g/mol. The van der Waals surface area contributed by atoms with E-state index in [2.05, 4.69) is 27.0 Å². The smallest absolute Gasteiger partial charge is 0.151 e. The Kier molecular flexibility index (Phi) is 2.96. The Bertz CT molecular complexity index is 385. The lowest BCUT2D eigenvalue weighted by atomic mass is 10.3. The first kappa shape index (κ1) is 9.43. The second-order valence-corrected chi connectivity index (χ2v) is 3.89. The van der Waals surface area contributed by atoms with Crippen molar-refractivity contribution >= 4 is 28.8 Å². The number of hydrogen-bond donors (Lipinski definition) is 1. The van der Waals surface area contributed by atoms with E-state index >= 15 is 0 Å². The summed E-state index contributed by atoms with van der Waals surface area (Å²) in [5.41, 5.74) is 1.24. The van der Waals surface area contributed by atoms with Crippen LogP contribution in [0, 0.1) is 0 Å². The highest BCUT2D eigenvalue weighted by atomic mass is 35.5. The zero-order valence-corrected chi connectivity index (χ0v) is 8.85. The molecule has 0 aliphatic carbocycles. The molecule has 2 aromatic rings. The van der Waals surface area contributed by atoms with Crippen LogP contribution in [0.5, 0.6) is 0 Å². The molecule has 0 aromatic carbocycles. The van der Waals surface area contributed by atoms with Crippen molar-refractivity contribution in [3.8, 4) is 0 Å². The highest BCUT2D eigenvalue weighted by Crippen LogP contribution is 2.10. The molecule has 2 aromatic heterocycles. The summed E-state index contributed by atoms with van der Waals surface area (Å²) in [7, 11) is 0. The quantitative estimate of drug-likeness (QED) is 0.873. The molecule has 0 atom stereocenters. The van der Waals surface area contributed by atoms with Gasteiger partial charge in [-0.05, 0) is 34.5 Å². The van der Waals surface area contributed by atoms with E-state index in [4.69, 9.17) is 11.6 Å². The van der Waals surface area contributed by atoms with E-state index in [-0.39, 0.29) is 0 Å². The van der Waals surface area contributed by atoms with Gasteiger partial charge in [-0.1, -0.05) is 11.6 Å². The standard InChI is InChI=1S/C9H8ClN3S/c10-8-1-2-9(13-12-8)11-5-7-3-4-14-6-7/h1-4,6H,5H2,(H,11,13). The minimum absolute atomic E-state index is 0.408. The summed E-state index contributed by atoms with van der Waals surface area (Å²) in [6.45, 7) is 0.764. The molecule has 0 amide bonds. The van der Waals surface area contributed by atoms with Crippen LogP contribution in [-0.2, 0) is 6.54 Å². The van der Waals surface area contributed by atoms with Crippen LogP contribution >= 0.6 is 22.9 Å². The molecule has 2 heterocycles. The van der Waals surface area contributed by atoms with Gasteiger partial charge in [0.2, 0.25) is 0 Å². The molecule has 72 valence electrons. The number of rotatable bonds is 3. The number of hydrogen-bond acceptors (Lipinski definition) is 4. The first-order chi connectivity index (χ1) is 6.84. The van der Waals surface area contributed by atoms with Crippen LogP contribution in [0.25, 0.3) is 0 Å². The van der Waals surface area contributed by atoms with Gasteiger partial charge in [0.1, 0.15) is 5.82 Å². The summed E-state index contributed by atoms with van der Waals surface area (Å²) in [6, 6.07) is 5.59. The third-order valence-corrected chi connectivity index (χ3v) is 2.62. The van der Waals surface area contributed by atoms with Crippen molar-refractivity contribution in [2.45, 2.75) is 6.54 Å². The Morgan fingerprint density at radius 1 is 1.29 bits per heavy atom. The van der Waals surface area contributed by atoms with Crippen molar-refractivity contribution in [1.82, 2.24) is 10.2 Å². The predicted molar refractivity (Wildman–Crippen MR) is 58.7 cm³/mol. The van der Waals surface area contributed by atoms with Crippen LogP contribution in [0.3, 0.4) is 0 Å². The molecule has 0 fully saturated rings. The highest BCUT2D eigenvalue weighted by molar-refractivity contribution is 7.07. The Hall–Kier alpha value is -1.13. The first-order valence-electron chi connectivity index (χ1n) is 4.09. The van der Waals surface area contributed by atoms with Gasteiger partial charge in [0.25, 0.3) is 0 Å². The molecule has 0 saturated heterocycles. The predicted octanol–water partition coefficient (Wildman–Crippen LogP) is 2.80. The van der Waals surface area contributed by atoms with E-state index in [1.165, 1.54) is 5.56 Å². The van der Waals surface area contributed by atoms with E-state index in [0.717, 1.165) is 12.4 Å². The van der Waals surface area contributed by atoms with Crippen LogP contribution in [0.1, 0.15) is 5.56 Å². The SMILES string of the molecule is Clc1ccc(NCc2ccsc2)nn1. The maximum absolute atomic E-state index is 5.61. The van der Waals surface area contributed by atoms with Gasteiger partial charge in [-0.2, -0.15) is 11.3 Å². The molecule has 0 bridgehead atoms. The molecule has 0 aliphatic rings. The molecule has 5 heteroatoms. The fourth-order valence-electron chi connectivity index (χ4n) is 0.996. The minimum Gasteiger partial charge on any atom is -0.364 e. The summed E-state index contributed by atoms with van der Waals surface area (Å²) in [6.07, 6.45) is 0. The first-order valence-corrected chi connectivity index (χ1v) is 5.41. The molecular formula is C9H8ClN3S. The molecular weight excluding hydrogens is 218 g/mol. The van der Waals surface area contributed by atoms with Crippen molar-refractivity contribution in [1.29, 1.82) is 0 Å². The lowest BCUT2D eigenvalue weighted by Crippen LogP contribution is -2.00. The number of nitrogens with one attached hydrogen (secondary N) is 1. The number of thiophene rings is 1. The lowest BCUT2D eigenvalue weighted by molar-refractivity contribution is 1.00. The number of aromatic nitrogens is 2. The van der Waals surface area contributed by atoms with Gasteiger partial charge >= 0.3 is 0 Å². The fraction of sp³-hybridized carbons (Fsp3) is 0.111. The Morgan fingerprint density at radius 3 is 2.86 bits per heavy atom. The van der Waals surface area contributed by atoms with Crippen molar-refractivity contribution in [2.75, 3.05) is 5.32 Å². The topological polar surface area (TPSA) is 37.8 Å². The van der Waals surface area contributed by atoms with Gasteiger partial charge in [-0.3, -0.25) is 0 Å². The molecule has 2 rings (SSSR count). The Labute approximate surface area is 90.8 Å². The lowest BCUT2D eigenvalue weighted by Gasteiger charge is -2.01. The van der Waals surface area contributed by atoms with Gasteiger partial charge in [0.15, 0.2) is 5.15 Å². The summed E-state index contributed by atoms with van der Waals surface area (Å²) < 4.78 is 0.